The molecule has 50 valence electrons. The molecule has 0 aliphatic carbocycles. The van der Waals surface area contributed by atoms with E-state index < -0.39 is 0 Å². The summed E-state index contributed by atoms with van der Waals surface area (Å²) in [5.41, 5.74) is 0. The van der Waals surface area contributed by atoms with E-state index in [2.05, 4.69) is 0 Å². The van der Waals surface area contributed by atoms with Crippen LogP contribution >= 0.6 is 11.8 Å². The molecule has 0 fully saturated rings. The summed E-state index contributed by atoms with van der Waals surface area (Å²) in [5.74, 6) is 0. The highest BCUT2D eigenvalue weighted by Gasteiger charge is 1.79. The van der Waals surface area contributed by atoms with Crippen LogP contribution in [0.1, 0.15) is 6.92 Å². The lowest BCUT2D eigenvalue weighted by molar-refractivity contribution is 1.57. The summed E-state index contributed by atoms with van der Waals surface area (Å²) in [6.45, 7) is 1.95. The molecule has 0 bridgehead atoms. The Morgan fingerprint density at radius 1 is 1.44 bits per heavy atom. The fourth-order valence-electron chi connectivity index (χ4n) is 0.322. The zero-order valence-electron chi connectivity index (χ0n) is 5.72. The third kappa shape index (κ3) is 5.37. The Morgan fingerprint density at radius 2 is 2.11 bits per heavy atom. The third-order valence-corrected chi connectivity index (χ3v) is 1.35. The average molecular weight is 141 g/mol. The van der Waals surface area contributed by atoms with Crippen molar-refractivity contribution in [2.75, 3.05) is 6.26 Å². The first-order chi connectivity index (χ1) is 4.31. The maximum Gasteiger partial charge on any atom is 0.0867 e. The Balaban J connectivity index is 3.57. The first-order valence-electron chi connectivity index (χ1n) is 2.73. The van der Waals surface area contributed by atoms with Crippen LogP contribution in [0, 0.1) is 5.41 Å². The molecule has 0 aliphatic heterocycles. The molecule has 0 aliphatic rings. The Kier molecular flexibility index (Phi) is 5.32. The molecule has 0 aromatic carbocycles. The van der Waals surface area contributed by atoms with Crippen LogP contribution in [0.4, 0.5) is 0 Å². The number of hydrogen-bond acceptors (Lipinski definition) is 2. The summed E-state index contributed by atoms with van der Waals surface area (Å²) < 4.78 is 0. The molecule has 9 heavy (non-hydrogen) atoms. The van der Waals surface area contributed by atoms with Crippen molar-refractivity contribution in [2.24, 2.45) is 0 Å². The highest BCUT2D eigenvalue weighted by atomic mass is 32.2. The zero-order chi connectivity index (χ0) is 7.11. The van der Waals surface area contributed by atoms with Gasteiger partial charge in [-0.2, -0.15) is 0 Å². The van der Waals surface area contributed by atoms with Gasteiger partial charge in [-0.25, -0.2) is 0 Å². The molecule has 0 rings (SSSR count). The van der Waals surface area contributed by atoms with Crippen molar-refractivity contribution in [2.45, 2.75) is 6.92 Å². The lowest BCUT2D eigenvalue weighted by Gasteiger charge is -1.84. The maximum absolute atomic E-state index is 7.16. The molecule has 0 amide bonds. The van der Waals surface area contributed by atoms with Gasteiger partial charge in [-0.15, -0.1) is 11.8 Å². The molecular formula is C7H11NS. The van der Waals surface area contributed by atoms with Gasteiger partial charge in [0.2, 0.25) is 0 Å². The molecule has 1 nitrogen and oxygen atoms in total. The smallest absolute Gasteiger partial charge is 0.0867 e. The van der Waals surface area contributed by atoms with E-state index in [0.29, 0.717) is 5.04 Å². The molecular weight excluding hydrogens is 130 g/mol. The second kappa shape index (κ2) is 5.63. The minimum atomic E-state index is 0.591. The molecule has 0 atom stereocenters. The molecule has 0 aromatic rings. The fraction of sp³-hybridized carbons (Fsp3) is 0.286. The minimum absolute atomic E-state index is 0.591. The van der Waals surface area contributed by atoms with Crippen molar-refractivity contribution in [3.05, 3.63) is 24.3 Å². The molecule has 0 unspecified atom stereocenters. The minimum Gasteiger partial charge on any atom is -0.294 e. The summed E-state index contributed by atoms with van der Waals surface area (Å²) >= 11 is 1.44. The van der Waals surface area contributed by atoms with Crippen LogP contribution in [0.3, 0.4) is 0 Å². The van der Waals surface area contributed by atoms with Gasteiger partial charge in [0.25, 0.3) is 0 Å². The van der Waals surface area contributed by atoms with Crippen LogP contribution in [0.25, 0.3) is 0 Å². The van der Waals surface area contributed by atoms with Gasteiger partial charge in [0.05, 0.1) is 5.04 Å². The Labute approximate surface area is 60.4 Å². The van der Waals surface area contributed by atoms with Crippen molar-refractivity contribution in [3.8, 4) is 0 Å². The van der Waals surface area contributed by atoms with Gasteiger partial charge in [0, 0.05) is 0 Å². The second-order valence-electron chi connectivity index (χ2n) is 1.45. The number of rotatable bonds is 2. The van der Waals surface area contributed by atoms with Gasteiger partial charge in [0.15, 0.2) is 0 Å². The van der Waals surface area contributed by atoms with Crippen LogP contribution in [0.15, 0.2) is 24.3 Å². The van der Waals surface area contributed by atoms with E-state index in [0.717, 1.165) is 0 Å². The summed E-state index contributed by atoms with van der Waals surface area (Å²) in [7, 11) is 0. The molecule has 0 spiro atoms. The van der Waals surface area contributed by atoms with Crippen LogP contribution in [-0.4, -0.2) is 11.3 Å². The molecule has 0 saturated heterocycles. The first-order valence-corrected chi connectivity index (χ1v) is 3.95. The Morgan fingerprint density at radius 3 is 2.56 bits per heavy atom. The molecule has 0 aromatic heterocycles. The van der Waals surface area contributed by atoms with Crippen LogP contribution in [0.5, 0.6) is 0 Å². The average Bonchev–Trinajstić information content (AvgIpc) is 1.89. The van der Waals surface area contributed by atoms with E-state index in [9.17, 15) is 0 Å². The monoisotopic (exact) mass is 141 g/mol. The van der Waals surface area contributed by atoms with Gasteiger partial charge >= 0.3 is 0 Å². The largest absolute Gasteiger partial charge is 0.294 e. The molecule has 0 heterocycles. The van der Waals surface area contributed by atoms with Gasteiger partial charge in [-0.05, 0) is 19.3 Å². The molecule has 0 radical (unpaired) electrons. The quantitative estimate of drug-likeness (QED) is 0.356. The summed E-state index contributed by atoms with van der Waals surface area (Å²) in [5, 5.41) is 7.75. The lowest BCUT2D eigenvalue weighted by atomic mass is 10.4. The van der Waals surface area contributed by atoms with E-state index >= 15 is 0 Å². The van der Waals surface area contributed by atoms with E-state index in [4.69, 9.17) is 5.41 Å². The Hall–Kier alpha value is -0.500. The van der Waals surface area contributed by atoms with E-state index in [1.54, 1.807) is 6.08 Å². The number of allylic oxidation sites excluding steroid dienone is 3. The molecule has 2 heteroatoms. The predicted molar refractivity (Wildman–Crippen MR) is 45.2 cm³/mol. The maximum atomic E-state index is 7.16. The normalized spacial score (nSPS) is 11.3. The lowest BCUT2D eigenvalue weighted by Crippen LogP contribution is -1.76. The van der Waals surface area contributed by atoms with Crippen molar-refractivity contribution in [1.29, 1.82) is 5.41 Å². The number of thioether (sulfide) groups is 1. The fourth-order valence-corrected chi connectivity index (χ4v) is 0.537. The van der Waals surface area contributed by atoms with E-state index in [-0.39, 0.29) is 0 Å². The number of nitrogens with one attached hydrogen (secondary N) is 1. The van der Waals surface area contributed by atoms with Gasteiger partial charge in [-0.1, -0.05) is 18.2 Å². The highest BCUT2D eigenvalue weighted by molar-refractivity contribution is 8.13. The van der Waals surface area contributed by atoms with Gasteiger partial charge in [0.1, 0.15) is 0 Å². The topological polar surface area (TPSA) is 23.9 Å². The van der Waals surface area contributed by atoms with Crippen molar-refractivity contribution >= 4 is 16.8 Å². The van der Waals surface area contributed by atoms with Gasteiger partial charge < -0.3 is 0 Å². The molecule has 1 N–H and O–H groups in total. The van der Waals surface area contributed by atoms with Crippen LogP contribution in [-0.2, 0) is 0 Å². The highest BCUT2D eigenvalue weighted by Crippen LogP contribution is 1.95. The first kappa shape index (κ1) is 8.50. The van der Waals surface area contributed by atoms with Crippen LogP contribution < -0.4 is 0 Å². The Bertz CT molecular complexity index is 136. The summed E-state index contributed by atoms with van der Waals surface area (Å²) in [4.78, 5) is 0. The van der Waals surface area contributed by atoms with Crippen LogP contribution in [0.2, 0.25) is 0 Å². The van der Waals surface area contributed by atoms with E-state index in [1.165, 1.54) is 11.8 Å². The summed E-state index contributed by atoms with van der Waals surface area (Å²) in [6.07, 6.45) is 9.36. The number of hydrogen-bond donors (Lipinski definition) is 1. The summed E-state index contributed by atoms with van der Waals surface area (Å²) in [6, 6.07) is 0. The van der Waals surface area contributed by atoms with Crippen molar-refractivity contribution < 1.29 is 0 Å². The predicted octanol–water partition coefficient (Wildman–Crippen LogP) is 2.46. The SMILES string of the molecule is C/C=C\C=C/C(=N)SC. The van der Waals surface area contributed by atoms with Crippen molar-refractivity contribution in [1.82, 2.24) is 0 Å². The standard InChI is InChI=1S/C7H11NS/c1-3-4-5-6-7(8)9-2/h3-6,8H,1-2H3/b4-3-,6-5-,8-7?. The van der Waals surface area contributed by atoms with Crippen molar-refractivity contribution in [3.63, 3.8) is 0 Å². The third-order valence-electron chi connectivity index (χ3n) is 0.771. The second-order valence-corrected chi connectivity index (χ2v) is 2.30. The van der Waals surface area contributed by atoms with Gasteiger partial charge in [-0.3, -0.25) is 5.41 Å². The van der Waals surface area contributed by atoms with E-state index in [1.807, 2.05) is 31.4 Å². The zero-order valence-corrected chi connectivity index (χ0v) is 6.53. The molecule has 0 saturated carbocycles.